The molecule has 1 unspecified atom stereocenters. The monoisotopic (exact) mass is 381 g/mol. The minimum atomic E-state index is -1.02. The van der Waals surface area contributed by atoms with E-state index in [2.05, 4.69) is 10.7 Å². The molecular formula is C18H31N5O4. The standard InChI is InChI=1S/C18H31N5O4/c1-3-18(2)16(26)23(17(27)20-18)21-15(25)12-22(11-14(19)24)10-9-13-7-5-4-6-8-13/h13H,3-12H2,1-2H3,(H2,19,24)(H,20,27)(H,21,25). The molecule has 0 spiro atoms. The Morgan fingerprint density at radius 1 is 1.26 bits per heavy atom. The lowest BCUT2D eigenvalue weighted by atomic mass is 9.87. The van der Waals surface area contributed by atoms with Gasteiger partial charge in [-0.1, -0.05) is 39.0 Å². The minimum absolute atomic E-state index is 0.0348. The molecule has 1 aliphatic carbocycles. The molecule has 0 bridgehead atoms. The third-order valence-corrected chi connectivity index (χ3v) is 5.53. The number of urea groups is 1. The number of nitrogens with one attached hydrogen (secondary N) is 2. The Morgan fingerprint density at radius 2 is 1.93 bits per heavy atom. The fraction of sp³-hybridized carbons (Fsp3) is 0.778. The van der Waals surface area contributed by atoms with Crippen molar-refractivity contribution in [1.29, 1.82) is 0 Å². The first-order valence-electron chi connectivity index (χ1n) is 9.72. The van der Waals surface area contributed by atoms with E-state index in [9.17, 15) is 19.2 Å². The normalized spacial score (nSPS) is 23.6. The van der Waals surface area contributed by atoms with Gasteiger partial charge in [-0.3, -0.25) is 24.7 Å². The lowest BCUT2D eigenvalue weighted by molar-refractivity contribution is -0.139. The van der Waals surface area contributed by atoms with E-state index < -0.39 is 29.3 Å². The third kappa shape index (κ3) is 5.66. The molecule has 0 aromatic carbocycles. The van der Waals surface area contributed by atoms with Crippen LogP contribution in [0.2, 0.25) is 0 Å². The molecule has 1 saturated carbocycles. The van der Waals surface area contributed by atoms with E-state index in [-0.39, 0.29) is 13.1 Å². The summed E-state index contributed by atoms with van der Waals surface area (Å²) >= 11 is 0. The zero-order chi connectivity index (χ0) is 20.0. The van der Waals surface area contributed by atoms with Gasteiger partial charge in [0.2, 0.25) is 5.91 Å². The van der Waals surface area contributed by atoms with Crippen LogP contribution in [0.25, 0.3) is 0 Å². The molecule has 4 N–H and O–H groups in total. The number of primary amides is 1. The number of carbonyl (C=O) groups is 4. The van der Waals surface area contributed by atoms with Crippen molar-refractivity contribution in [2.45, 2.75) is 64.3 Å². The average Bonchev–Trinajstić information content (AvgIpc) is 2.84. The van der Waals surface area contributed by atoms with Crippen LogP contribution in [0.4, 0.5) is 4.79 Å². The van der Waals surface area contributed by atoms with Gasteiger partial charge in [0.1, 0.15) is 5.54 Å². The summed E-state index contributed by atoms with van der Waals surface area (Å²) in [5, 5.41) is 3.29. The molecule has 9 nitrogen and oxygen atoms in total. The van der Waals surface area contributed by atoms with Crippen molar-refractivity contribution < 1.29 is 19.2 Å². The number of rotatable bonds is 9. The van der Waals surface area contributed by atoms with E-state index >= 15 is 0 Å². The fourth-order valence-electron chi connectivity index (χ4n) is 3.66. The van der Waals surface area contributed by atoms with Crippen molar-refractivity contribution in [1.82, 2.24) is 20.7 Å². The summed E-state index contributed by atoms with van der Waals surface area (Å²) in [4.78, 5) is 49.7. The Hall–Kier alpha value is -2.16. The Kier molecular flexibility index (Phi) is 7.18. The maximum atomic E-state index is 12.4. The van der Waals surface area contributed by atoms with Gasteiger partial charge in [-0.15, -0.1) is 0 Å². The van der Waals surface area contributed by atoms with Crippen LogP contribution < -0.4 is 16.5 Å². The van der Waals surface area contributed by atoms with Crippen LogP contribution in [-0.2, 0) is 14.4 Å². The van der Waals surface area contributed by atoms with E-state index in [4.69, 9.17) is 5.73 Å². The number of hydrazine groups is 1. The Bertz CT molecular complexity index is 590. The van der Waals surface area contributed by atoms with Crippen LogP contribution in [0, 0.1) is 5.92 Å². The van der Waals surface area contributed by atoms with Gasteiger partial charge in [0.25, 0.3) is 11.8 Å². The predicted molar refractivity (Wildman–Crippen MR) is 99.0 cm³/mol. The second-order valence-electron chi connectivity index (χ2n) is 7.76. The van der Waals surface area contributed by atoms with Gasteiger partial charge in [0.05, 0.1) is 13.1 Å². The summed E-state index contributed by atoms with van der Waals surface area (Å²) < 4.78 is 0. The molecule has 0 radical (unpaired) electrons. The first-order valence-corrected chi connectivity index (χ1v) is 9.72. The summed E-state index contributed by atoms with van der Waals surface area (Å²) in [6.45, 7) is 3.84. The molecular weight excluding hydrogens is 350 g/mol. The van der Waals surface area contributed by atoms with E-state index in [1.54, 1.807) is 18.7 Å². The van der Waals surface area contributed by atoms with E-state index in [1.165, 1.54) is 32.1 Å². The van der Waals surface area contributed by atoms with Crippen LogP contribution in [0.5, 0.6) is 0 Å². The van der Waals surface area contributed by atoms with Gasteiger partial charge in [-0.25, -0.2) is 4.79 Å². The molecule has 1 atom stereocenters. The number of nitrogens with two attached hydrogens (primary N) is 1. The van der Waals surface area contributed by atoms with Gasteiger partial charge in [0.15, 0.2) is 0 Å². The highest BCUT2D eigenvalue weighted by Crippen LogP contribution is 2.26. The van der Waals surface area contributed by atoms with Gasteiger partial charge in [-0.05, 0) is 32.2 Å². The first-order chi connectivity index (χ1) is 12.7. The highest BCUT2D eigenvalue weighted by Gasteiger charge is 2.47. The number of hydrogen-bond donors (Lipinski definition) is 3. The van der Waals surface area contributed by atoms with Crippen molar-refractivity contribution in [2.75, 3.05) is 19.6 Å². The van der Waals surface area contributed by atoms with Gasteiger partial charge < -0.3 is 11.1 Å². The summed E-state index contributed by atoms with van der Waals surface area (Å²) in [5.74, 6) is -0.927. The Labute approximate surface area is 160 Å². The molecule has 27 heavy (non-hydrogen) atoms. The van der Waals surface area contributed by atoms with Crippen LogP contribution in [0.3, 0.4) is 0 Å². The summed E-state index contributed by atoms with van der Waals surface area (Å²) in [5.41, 5.74) is 6.63. The number of hydrogen-bond acceptors (Lipinski definition) is 5. The molecule has 0 aromatic rings. The molecule has 152 valence electrons. The first kappa shape index (κ1) is 21.1. The third-order valence-electron chi connectivity index (χ3n) is 5.53. The van der Waals surface area contributed by atoms with Crippen molar-refractivity contribution in [3.8, 4) is 0 Å². The number of carbonyl (C=O) groups excluding carboxylic acids is 4. The van der Waals surface area contributed by atoms with Crippen LogP contribution >= 0.6 is 0 Å². The van der Waals surface area contributed by atoms with Crippen molar-refractivity contribution in [3.05, 3.63) is 0 Å². The highest BCUT2D eigenvalue weighted by atomic mass is 16.2. The quantitative estimate of drug-likeness (QED) is 0.502. The van der Waals surface area contributed by atoms with Crippen molar-refractivity contribution >= 4 is 23.8 Å². The summed E-state index contributed by atoms with van der Waals surface area (Å²) in [6.07, 6.45) is 7.39. The van der Waals surface area contributed by atoms with Gasteiger partial charge in [0, 0.05) is 0 Å². The predicted octanol–water partition coefficient (Wildman–Crippen LogP) is 0.496. The molecule has 0 aromatic heterocycles. The maximum Gasteiger partial charge on any atom is 0.344 e. The van der Waals surface area contributed by atoms with Crippen LogP contribution in [0.15, 0.2) is 0 Å². The van der Waals surface area contributed by atoms with Crippen molar-refractivity contribution in [3.63, 3.8) is 0 Å². The average molecular weight is 381 g/mol. The number of nitrogens with zero attached hydrogens (tertiary/aromatic N) is 2. The Morgan fingerprint density at radius 3 is 2.48 bits per heavy atom. The summed E-state index contributed by atoms with van der Waals surface area (Å²) in [6, 6.07) is -0.652. The second kappa shape index (κ2) is 9.16. The largest absolute Gasteiger partial charge is 0.369 e. The molecule has 2 aliphatic rings. The zero-order valence-corrected chi connectivity index (χ0v) is 16.3. The molecule has 2 fully saturated rings. The van der Waals surface area contributed by atoms with Gasteiger partial charge >= 0.3 is 6.03 Å². The fourth-order valence-corrected chi connectivity index (χ4v) is 3.66. The topological polar surface area (TPSA) is 125 Å². The van der Waals surface area contributed by atoms with Crippen LogP contribution in [-0.4, -0.2) is 58.8 Å². The molecule has 5 amide bonds. The molecule has 9 heteroatoms. The smallest absolute Gasteiger partial charge is 0.344 e. The Balaban J connectivity index is 1.89. The molecule has 1 heterocycles. The lowest BCUT2D eigenvalue weighted by Crippen LogP contribution is -2.52. The zero-order valence-electron chi connectivity index (χ0n) is 16.3. The number of imide groups is 1. The lowest BCUT2D eigenvalue weighted by Gasteiger charge is -2.26. The highest BCUT2D eigenvalue weighted by molar-refractivity contribution is 6.07. The SMILES string of the molecule is CCC1(C)NC(=O)N(NC(=O)CN(CCC2CCCCC2)CC(N)=O)C1=O. The van der Waals surface area contributed by atoms with Crippen LogP contribution in [0.1, 0.15) is 58.8 Å². The molecule has 2 rings (SSSR count). The summed E-state index contributed by atoms with van der Waals surface area (Å²) in [7, 11) is 0. The number of amides is 5. The maximum absolute atomic E-state index is 12.4. The van der Waals surface area contributed by atoms with E-state index in [1.807, 2.05) is 0 Å². The van der Waals surface area contributed by atoms with Gasteiger partial charge in [-0.2, -0.15) is 5.01 Å². The molecule has 1 saturated heterocycles. The van der Waals surface area contributed by atoms with E-state index in [0.29, 0.717) is 18.9 Å². The van der Waals surface area contributed by atoms with Crippen molar-refractivity contribution in [2.24, 2.45) is 11.7 Å². The minimum Gasteiger partial charge on any atom is -0.369 e. The molecule has 1 aliphatic heterocycles. The second-order valence-corrected chi connectivity index (χ2v) is 7.76. The van der Waals surface area contributed by atoms with E-state index in [0.717, 1.165) is 11.4 Å².